The molecule has 1 heterocycles. The molecule has 1 aliphatic rings. The summed E-state index contributed by atoms with van der Waals surface area (Å²) in [5, 5.41) is 20.6. The highest BCUT2D eigenvalue weighted by atomic mass is 16.4. The minimum Gasteiger partial charge on any atom is -0.481 e. The zero-order valence-electron chi connectivity index (χ0n) is 16.1. The number of carbonyl (C=O) groups excluding carboxylic acids is 1. The quantitative estimate of drug-likeness (QED) is 0.364. The average Bonchev–Trinajstić information content (AvgIpc) is 2.70. The number of carboxylic acids is 1. The number of unbranched alkanes of at least 4 members (excludes halogenated alkanes) is 2. The van der Waals surface area contributed by atoms with E-state index in [0.717, 1.165) is 39.1 Å². The van der Waals surface area contributed by atoms with E-state index in [0.29, 0.717) is 19.4 Å². The van der Waals surface area contributed by atoms with Gasteiger partial charge in [-0.2, -0.15) is 5.26 Å². The number of hydrogen-bond donors (Lipinski definition) is 2. The third kappa shape index (κ3) is 7.80. The van der Waals surface area contributed by atoms with Crippen molar-refractivity contribution in [2.24, 2.45) is 0 Å². The number of hydrogen-bond acceptors (Lipinski definition) is 5. The van der Waals surface area contributed by atoms with Gasteiger partial charge in [0.25, 0.3) is 5.91 Å². The Morgan fingerprint density at radius 3 is 2.46 bits per heavy atom. The third-order valence-electron chi connectivity index (χ3n) is 4.69. The maximum absolute atomic E-state index is 12.2. The van der Waals surface area contributed by atoms with Gasteiger partial charge in [-0.1, -0.05) is 36.8 Å². The summed E-state index contributed by atoms with van der Waals surface area (Å²) < 4.78 is 0. The number of aliphatic carboxylic acids is 1. The molecule has 1 saturated heterocycles. The van der Waals surface area contributed by atoms with Gasteiger partial charge in [-0.3, -0.25) is 14.5 Å². The molecule has 7 nitrogen and oxygen atoms in total. The van der Waals surface area contributed by atoms with E-state index in [-0.39, 0.29) is 17.9 Å². The van der Waals surface area contributed by atoms with Crippen LogP contribution in [0.25, 0.3) is 0 Å². The molecule has 0 saturated carbocycles. The first-order valence-electron chi connectivity index (χ1n) is 9.70. The zero-order valence-corrected chi connectivity index (χ0v) is 16.1. The summed E-state index contributed by atoms with van der Waals surface area (Å²) in [6, 6.07) is 12.3. The lowest BCUT2D eigenvalue weighted by atomic mass is 10.2. The van der Waals surface area contributed by atoms with Crippen LogP contribution >= 0.6 is 0 Å². The van der Waals surface area contributed by atoms with E-state index < -0.39 is 5.97 Å². The number of piperazine rings is 1. The van der Waals surface area contributed by atoms with Crippen molar-refractivity contribution in [1.29, 1.82) is 5.26 Å². The molecule has 0 atom stereocenters. The van der Waals surface area contributed by atoms with Crippen molar-refractivity contribution < 1.29 is 14.7 Å². The lowest BCUT2D eigenvalue weighted by molar-refractivity contribution is -0.137. The van der Waals surface area contributed by atoms with E-state index in [1.807, 2.05) is 29.2 Å². The smallest absolute Gasteiger partial charge is 0.303 e. The second kappa shape index (κ2) is 11.8. The van der Waals surface area contributed by atoms with Gasteiger partial charge in [0.15, 0.2) is 0 Å². The Morgan fingerprint density at radius 2 is 1.82 bits per heavy atom. The van der Waals surface area contributed by atoms with Crippen molar-refractivity contribution in [2.75, 3.05) is 32.7 Å². The molecule has 2 N–H and O–H groups in total. The molecule has 7 heteroatoms. The van der Waals surface area contributed by atoms with E-state index in [4.69, 9.17) is 5.11 Å². The predicted octanol–water partition coefficient (Wildman–Crippen LogP) is 1.97. The molecule has 1 fully saturated rings. The van der Waals surface area contributed by atoms with Crippen LogP contribution in [-0.2, 0) is 16.1 Å². The van der Waals surface area contributed by atoms with Crippen LogP contribution in [0.4, 0.5) is 0 Å². The number of nitriles is 1. The van der Waals surface area contributed by atoms with Crippen molar-refractivity contribution in [2.45, 2.75) is 32.2 Å². The van der Waals surface area contributed by atoms with Gasteiger partial charge in [-0.05, 0) is 18.4 Å². The summed E-state index contributed by atoms with van der Waals surface area (Å²) in [5.41, 5.74) is 1.40. The van der Waals surface area contributed by atoms with Crippen LogP contribution in [0.3, 0.4) is 0 Å². The monoisotopic (exact) mass is 384 g/mol. The largest absolute Gasteiger partial charge is 0.481 e. The van der Waals surface area contributed by atoms with E-state index in [9.17, 15) is 14.9 Å². The number of rotatable bonds is 10. The third-order valence-corrected chi connectivity index (χ3v) is 4.69. The second-order valence-corrected chi connectivity index (χ2v) is 6.91. The van der Waals surface area contributed by atoms with E-state index in [2.05, 4.69) is 22.3 Å². The number of amides is 1. The molecule has 0 spiro atoms. The molecule has 28 heavy (non-hydrogen) atoms. The van der Waals surface area contributed by atoms with Crippen LogP contribution in [0.5, 0.6) is 0 Å². The highest BCUT2D eigenvalue weighted by molar-refractivity contribution is 5.97. The van der Waals surface area contributed by atoms with Gasteiger partial charge in [-0.25, -0.2) is 0 Å². The van der Waals surface area contributed by atoms with Crippen LogP contribution in [0.15, 0.2) is 42.1 Å². The van der Waals surface area contributed by atoms with Crippen molar-refractivity contribution in [3.8, 4) is 6.07 Å². The van der Waals surface area contributed by atoms with Crippen molar-refractivity contribution in [1.82, 2.24) is 15.1 Å². The molecule has 0 aliphatic carbocycles. The number of nitrogens with zero attached hydrogens (tertiary/aromatic N) is 3. The van der Waals surface area contributed by atoms with Crippen molar-refractivity contribution in [3.05, 3.63) is 47.7 Å². The lowest BCUT2D eigenvalue weighted by Gasteiger charge is -2.34. The molecule has 1 aromatic rings. The fourth-order valence-electron chi connectivity index (χ4n) is 3.09. The van der Waals surface area contributed by atoms with Gasteiger partial charge in [0.05, 0.1) is 0 Å². The van der Waals surface area contributed by atoms with Gasteiger partial charge in [0, 0.05) is 51.9 Å². The summed E-state index contributed by atoms with van der Waals surface area (Å²) in [6.07, 6.45) is 3.84. The molecule has 150 valence electrons. The van der Waals surface area contributed by atoms with E-state index in [1.54, 1.807) is 6.20 Å². The molecule has 1 aliphatic heterocycles. The van der Waals surface area contributed by atoms with Crippen LogP contribution in [0, 0.1) is 11.3 Å². The fraction of sp³-hybridized carbons (Fsp3) is 0.476. The summed E-state index contributed by atoms with van der Waals surface area (Å²) in [7, 11) is 0. The highest BCUT2D eigenvalue weighted by Crippen LogP contribution is 2.10. The molecule has 0 aromatic heterocycles. The standard InChI is InChI=1S/C21H28N4O3/c22-15-19(21(28)23-10-6-2-5-9-20(26)27)17-25-13-11-24(12-14-25)16-18-7-3-1-4-8-18/h1,3-4,7-8,17H,2,5-6,9-14,16H2,(H,23,28)(H,26,27)/b19-17-. The van der Waals surface area contributed by atoms with Crippen molar-refractivity contribution >= 4 is 11.9 Å². The Bertz CT molecular complexity index is 704. The molecule has 0 unspecified atom stereocenters. The summed E-state index contributed by atoms with van der Waals surface area (Å²) >= 11 is 0. The summed E-state index contributed by atoms with van der Waals surface area (Å²) in [6.45, 7) is 4.68. The van der Waals surface area contributed by atoms with Gasteiger partial charge in [-0.15, -0.1) is 0 Å². The molecule has 2 rings (SSSR count). The fourth-order valence-corrected chi connectivity index (χ4v) is 3.09. The average molecular weight is 384 g/mol. The Balaban J connectivity index is 1.71. The van der Waals surface area contributed by atoms with E-state index in [1.165, 1.54) is 5.56 Å². The minimum atomic E-state index is -0.803. The van der Waals surface area contributed by atoms with E-state index >= 15 is 0 Å². The molecule has 1 aromatic carbocycles. The summed E-state index contributed by atoms with van der Waals surface area (Å²) in [5.74, 6) is -1.17. The van der Waals surface area contributed by atoms with Gasteiger partial charge in [0.2, 0.25) is 0 Å². The van der Waals surface area contributed by atoms with Crippen LogP contribution in [0.2, 0.25) is 0 Å². The zero-order chi connectivity index (χ0) is 20.2. The molecule has 0 radical (unpaired) electrons. The SMILES string of the molecule is N#C/C(=C/N1CCN(Cc2ccccc2)CC1)C(=O)NCCCCCC(=O)O. The minimum absolute atomic E-state index is 0.113. The topological polar surface area (TPSA) is 96.7 Å². The molecule has 1 amide bonds. The number of benzene rings is 1. The van der Waals surface area contributed by atoms with Crippen LogP contribution in [-0.4, -0.2) is 59.5 Å². The Labute approximate surface area is 166 Å². The van der Waals surface area contributed by atoms with Crippen LogP contribution in [0.1, 0.15) is 31.2 Å². The number of carboxylic acid groups (broad SMARTS) is 1. The number of nitrogens with one attached hydrogen (secondary N) is 1. The Kier molecular flexibility index (Phi) is 9.02. The Hall–Kier alpha value is -2.85. The van der Waals surface area contributed by atoms with Gasteiger partial charge >= 0.3 is 5.97 Å². The van der Waals surface area contributed by atoms with Gasteiger partial charge < -0.3 is 15.3 Å². The van der Waals surface area contributed by atoms with Crippen molar-refractivity contribution in [3.63, 3.8) is 0 Å². The first-order chi connectivity index (χ1) is 13.6. The lowest BCUT2D eigenvalue weighted by Crippen LogP contribution is -2.44. The summed E-state index contributed by atoms with van der Waals surface area (Å²) in [4.78, 5) is 27.0. The first-order valence-corrected chi connectivity index (χ1v) is 9.70. The molecular weight excluding hydrogens is 356 g/mol. The Morgan fingerprint density at radius 1 is 1.11 bits per heavy atom. The van der Waals surface area contributed by atoms with Gasteiger partial charge in [0.1, 0.15) is 11.6 Å². The highest BCUT2D eigenvalue weighted by Gasteiger charge is 2.17. The first kappa shape index (κ1) is 21.5. The molecule has 0 bridgehead atoms. The normalized spacial score (nSPS) is 15.1. The maximum Gasteiger partial charge on any atom is 0.303 e. The number of carbonyl (C=O) groups is 2. The molecular formula is C21H28N4O3. The van der Waals surface area contributed by atoms with Crippen LogP contribution < -0.4 is 5.32 Å². The second-order valence-electron chi connectivity index (χ2n) is 6.91. The predicted molar refractivity (Wildman–Crippen MR) is 106 cm³/mol. The maximum atomic E-state index is 12.2.